The number of hydrogen-bond acceptors (Lipinski definition) is 3. The minimum atomic E-state index is -0.500. The second-order valence-electron chi connectivity index (χ2n) is 7.43. The third-order valence-corrected chi connectivity index (χ3v) is 6.10. The predicted octanol–water partition coefficient (Wildman–Crippen LogP) is 3.76. The van der Waals surface area contributed by atoms with Gasteiger partial charge < -0.3 is 10.5 Å². The third kappa shape index (κ3) is 2.61. The molecule has 0 spiro atoms. The summed E-state index contributed by atoms with van der Waals surface area (Å²) < 4.78 is 5.38. The molecule has 1 aromatic rings. The van der Waals surface area contributed by atoms with Gasteiger partial charge >= 0.3 is 0 Å². The number of methoxy groups -OCH3 is 1. The molecule has 2 aliphatic carbocycles. The Morgan fingerprint density at radius 1 is 1.30 bits per heavy atom. The number of nitrogens with two attached hydrogens (primary N) is 1. The van der Waals surface area contributed by atoms with Gasteiger partial charge in [-0.15, -0.1) is 0 Å². The Morgan fingerprint density at radius 2 is 2.09 bits per heavy atom. The first-order valence-electron chi connectivity index (χ1n) is 8.59. The van der Waals surface area contributed by atoms with Crippen LogP contribution in [0.15, 0.2) is 30.4 Å². The average Bonchev–Trinajstić information content (AvgIpc) is 2.77. The molecule has 0 fully saturated rings. The molecule has 3 nitrogen and oxygen atoms in total. The van der Waals surface area contributed by atoms with E-state index in [-0.39, 0.29) is 5.78 Å². The number of hydrogen-bond donors (Lipinski definition) is 1. The van der Waals surface area contributed by atoms with Gasteiger partial charge in [-0.3, -0.25) is 4.79 Å². The fraction of sp³-hybridized carbons (Fsp3) is 0.550. The molecule has 0 radical (unpaired) electrons. The molecule has 0 heterocycles. The first-order valence-corrected chi connectivity index (χ1v) is 8.59. The van der Waals surface area contributed by atoms with Crippen LogP contribution in [0.3, 0.4) is 0 Å². The van der Waals surface area contributed by atoms with Crippen LogP contribution in [0, 0.1) is 5.41 Å². The van der Waals surface area contributed by atoms with Crippen molar-refractivity contribution in [1.82, 2.24) is 0 Å². The van der Waals surface area contributed by atoms with Crippen molar-refractivity contribution in [3.63, 3.8) is 0 Å². The average molecular weight is 313 g/mol. The zero-order valence-corrected chi connectivity index (χ0v) is 14.4. The number of benzene rings is 1. The standard InChI is InChI=1S/C20H27NO2/c1-14-8-11-19(2)18(22)9-12-20(19,21)10-4-5-15-13-16(23-3)6-7-17(14)15/h6-7,9,12-14H,4-5,8,10-11,21H2,1-3H3/t14-,19-,20+/m1/s1. The molecular weight excluding hydrogens is 286 g/mol. The Kier molecular flexibility index (Phi) is 4.09. The van der Waals surface area contributed by atoms with Crippen LogP contribution < -0.4 is 10.5 Å². The Balaban J connectivity index is 1.95. The van der Waals surface area contributed by atoms with E-state index in [9.17, 15) is 4.79 Å². The maximum Gasteiger partial charge on any atom is 0.163 e. The highest BCUT2D eigenvalue weighted by Crippen LogP contribution is 2.46. The molecule has 0 saturated heterocycles. The molecule has 23 heavy (non-hydrogen) atoms. The van der Waals surface area contributed by atoms with Crippen molar-refractivity contribution in [2.45, 2.75) is 57.4 Å². The van der Waals surface area contributed by atoms with Gasteiger partial charge in [0.2, 0.25) is 0 Å². The number of fused-ring (bicyclic) bond motifs is 2. The maximum absolute atomic E-state index is 12.5. The van der Waals surface area contributed by atoms with Gasteiger partial charge in [0.25, 0.3) is 0 Å². The van der Waals surface area contributed by atoms with Crippen LogP contribution in [-0.2, 0) is 11.2 Å². The molecule has 0 unspecified atom stereocenters. The molecule has 0 saturated carbocycles. The van der Waals surface area contributed by atoms with Gasteiger partial charge in [0.1, 0.15) is 5.75 Å². The second-order valence-corrected chi connectivity index (χ2v) is 7.43. The molecule has 0 amide bonds. The largest absolute Gasteiger partial charge is 0.497 e. The summed E-state index contributed by atoms with van der Waals surface area (Å²) in [6, 6.07) is 6.39. The first kappa shape index (κ1) is 16.3. The highest BCUT2D eigenvalue weighted by molar-refractivity contribution is 5.99. The maximum atomic E-state index is 12.5. The molecular formula is C20H27NO2. The lowest BCUT2D eigenvalue weighted by atomic mass is 9.66. The second kappa shape index (κ2) is 5.79. The van der Waals surface area contributed by atoms with Crippen molar-refractivity contribution in [1.29, 1.82) is 0 Å². The Labute approximate surface area is 138 Å². The number of ketones is 1. The van der Waals surface area contributed by atoms with Gasteiger partial charge in [-0.1, -0.05) is 26.0 Å². The molecule has 124 valence electrons. The zero-order valence-electron chi connectivity index (χ0n) is 14.4. The van der Waals surface area contributed by atoms with E-state index < -0.39 is 11.0 Å². The minimum Gasteiger partial charge on any atom is -0.497 e. The predicted molar refractivity (Wildman–Crippen MR) is 92.8 cm³/mol. The summed E-state index contributed by atoms with van der Waals surface area (Å²) in [7, 11) is 1.71. The summed E-state index contributed by atoms with van der Waals surface area (Å²) in [6.45, 7) is 4.31. The van der Waals surface area contributed by atoms with E-state index in [1.165, 1.54) is 11.1 Å². The summed E-state index contributed by atoms with van der Waals surface area (Å²) >= 11 is 0. The van der Waals surface area contributed by atoms with Gasteiger partial charge in [-0.2, -0.15) is 0 Å². The SMILES string of the molecule is COc1ccc2c(c1)CCC[C@]1(N)C=CC(=O)[C@@]1(C)CC[C@H]2C. The van der Waals surface area contributed by atoms with Crippen LogP contribution >= 0.6 is 0 Å². The Bertz CT molecular complexity index is 651. The van der Waals surface area contributed by atoms with Crippen molar-refractivity contribution in [2.24, 2.45) is 11.1 Å². The monoisotopic (exact) mass is 313 g/mol. The van der Waals surface area contributed by atoms with Crippen molar-refractivity contribution in [3.05, 3.63) is 41.5 Å². The van der Waals surface area contributed by atoms with E-state index in [1.807, 2.05) is 12.1 Å². The lowest BCUT2D eigenvalue weighted by Gasteiger charge is -2.41. The highest BCUT2D eigenvalue weighted by Gasteiger charge is 2.51. The highest BCUT2D eigenvalue weighted by atomic mass is 16.5. The van der Waals surface area contributed by atoms with Gasteiger partial charge in [0.15, 0.2) is 5.78 Å². The van der Waals surface area contributed by atoms with Crippen LogP contribution in [0.1, 0.15) is 56.6 Å². The zero-order chi connectivity index (χ0) is 16.7. The fourth-order valence-electron chi connectivity index (χ4n) is 4.18. The summed E-state index contributed by atoms with van der Waals surface area (Å²) in [4.78, 5) is 12.5. The summed E-state index contributed by atoms with van der Waals surface area (Å²) in [5.41, 5.74) is 8.46. The number of ether oxygens (including phenoxy) is 1. The number of carbonyl (C=O) groups excluding carboxylic acids is 1. The van der Waals surface area contributed by atoms with E-state index in [0.29, 0.717) is 5.92 Å². The number of rotatable bonds is 1. The smallest absolute Gasteiger partial charge is 0.163 e. The Morgan fingerprint density at radius 3 is 2.83 bits per heavy atom. The molecule has 0 bridgehead atoms. The van der Waals surface area contributed by atoms with E-state index >= 15 is 0 Å². The van der Waals surface area contributed by atoms with Crippen LogP contribution in [0.2, 0.25) is 0 Å². The van der Waals surface area contributed by atoms with Gasteiger partial charge in [-0.05, 0) is 67.4 Å². The van der Waals surface area contributed by atoms with Crippen LogP contribution in [0.25, 0.3) is 0 Å². The van der Waals surface area contributed by atoms with Gasteiger partial charge in [-0.25, -0.2) is 0 Å². The van der Waals surface area contributed by atoms with Gasteiger partial charge in [0.05, 0.1) is 12.5 Å². The van der Waals surface area contributed by atoms with Crippen molar-refractivity contribution in [3.8, 4) is 5.75 Å². The number of carbonyl (C=O) groups is 1. The van der Waals surface area contributed by atoms with E-state index in [2.05, 4.69) is 26.0 Å². The van der Waals surface area contributed by atoms with E-state index in [4.69, 9.17) is 10.5 Å². The van der Waals surface area contributed by atoms with Crippen LogP contribution in [0.5, 0.6) is 5.75 Å². The first-order chi connectivity index (χ1) is 10.9. The molecule has 3 atom stereocenters. The molecule has 0 aromatic heterocycles. The van der Waals surface area contributed by atoms with Crippen molar-refractivity contribution >= 4 is 5.78 Å². The molecule has 0 aliphatic heterocycles. The van der Waals surface area contributed by atoms with Crippen LogP contribution in [0.4, 0.5) is 0 Å². The molecule has 1 aromatic carbocycles. The van der Waals surface area contributed by atoms with E-state index in [0.717, 1.165) is 37.9 Å². The number of allylic oxidation sites excluding steroid dienone is 1. The van der Waals surface area contributed by atoms with Crippen molar-refractivity contribution < 1.29 is 9.53 Å². The topological polar surface area (TPSA) is 52.3 Å². The summed E-state index contributed by atoms with van der Waals surface area (Å²) in [5, 5.41) is 0. The number of aryl methyl sites for hydroxylation is 1. The lowest BCUT2D eigenvalue weighted by molar-refractivity contribution is -0.124. The van der Waals surface area contributed by atoms with E-state index in [1.54, 1.807) is 13.2 Å². The third-order valence-electron chi connectivity index (χ3n) is 6.10. The fourth-order valence-corrected chi connectivity index (χ4v) is 4.18. The minimum absolute atomic E-state index is 0.197. The summed E-state index contributed by atoms with van der Waals surface area (Å²) in [5.74, 6) is 1.53. The quantitative estimate of drug-likeness (QED) is 0.859. The normalized spacial score (nSPS) is 33.9. The lowest BCUT2D eigenvalue weighted by Crippen LogP contribution is -2.53. The molecule has 3 rings (SSSR count). The van der Waals surface area contributed by atoms with Crippen LogP contribution in [-0.4, -0.2) is 18.4 Å². The summed E-state index contributed by atoms with van der Waals surface area (Å²) in [6.07, 6.45) is 8.28. The Hall–Kier alpha value is -1.61. The molecule has 3 heteroatoms. The van der Waals surface area contributed by atoms with Crippen molar-refractivity contribution in [2.75, 3.05) is 7.11 Å². The molecule has 2 N–H and O–H groups in total. The molecule has 2 aliphatic rings. The van der Waals surface area contributed by atoms with Gasteiger partial charge in [0, 0.05) is 5.54 Å².